The fraction of sp³-hybridized carbons (Fsp3) is 0.769. The number of anilines is 2. The van der Waals surface area contributed by atoms with Crippen molar-refractivity contribution in [1.82, 2.24) is 9.78 Å². The zero-order valence-corrected chi connectivity index (χ0v) is 11.4. The second-order valence-electron chi connectivity index (χ2n) is 5.06. The molecular weight excluding hydrogens is 212 g/mol. The minimum absolute atomic E-state index is 0.511. The van der Waals surface area contributed by atoms with Crippen LogP contribution in [-0.4, -0.2) is 22.4 Å². The molecule has 17 heavy (non-hydrogen) atoms. The van der Waals surface area contributed by atoms with Crippen LogP contribution in [0.15, 0.2) is 0 Å². The first kappa shape index (κ1) is 12.3. The van der Waals surface area contributed by atoms with Gasteiger partial charge in [0.1, 0.15) is 11.5 Å². The topological polar surface area (TPSA) is 41.9 Å². The molecule has 2 unspecified atom stereocenters. The van der Waals surface area contributed by atoms with E-state index in [9.17, 15) is 0 Å². The predicted molar refractivity (Wildman–Crippen MR) is 72.6 cm³/mol. The molecule has 1 aromatic heterocycles. The zero-order chi connectivity index (χ0) is 12.4. The Morgan fingerprint density at radius 2 is 2.24 bits per heavy atom. The van der Waals surface area contributed by atoms with Gasteiger partial charge in [-0.15, -0.1) is 0 Å². The summed E-state index contributed by atoms with van der Waals surface area (Å²) in [6.45, 7) is 7.74. The number of nitrogens with zero attached hydrogens (tertiary/aromatic N) is 2. The summed E-state index contributed by atoms with van der Waals surface area (Å²) in [6.07, 6.45) is 3.39. The molecule has 0 spiro atoms. The maximum Gasteiger partial charge on any atom is 0.148 e. The Labute approximate surface area is 104 Å². The molecule has 0 saturated carbocycles. The number of aryl methyl sites for hydroxylation is 2. The van der Waals surface area contributed by atoms with Crippen LogP contribution < -0.4 is 10.6 Å². The number of nitrogens with one attached hydrogen (secondary N) is 2. The van der Waals surface area contributed by atoms with E-state index in [2.05, 4.69) is 36.5 Å². The van der Waals surface area contributed by atoms with E-state index in [4.69, 9.17) is 0 Å². The van der Waals surface area contributed by atoms with Crippen molar-refractivity contribution in [2.24, 2.45) is 13.0 Å². The van der Waals surface area contributed by atoms with Crippen molar-refractivity contribution in [1.29, 1.82) is 0 Å². The quantitative estimate of drug-likeness (QED) is 0.844. The lowest BCUT2D eigenvalue weighted by molar-refractivity contribution is 0.474. The Balaban J connectivity index is 2.20. The Hall–Kier alpha value is -1.19. The standard InChI is InChI=1S/C13H24N4/c1-5-7-10-12-13(17(4)16-10)15-11(8-14-12)9(3)6-2/h9,11,14-15H,5-8H2,1-4H3. The summed E-state index contributed by atoms with van der Waals surface area (Å²) in [6, 6.07) is 0.511. The molecule has 0 amide bonds. The van der Waals surface area contributed by atoms with Gasteiger partial charge in [-0.25, -0.2) is 0 Å². The fourth-order valence-corrected chi connectivity index (χ4v) is 2.41. The summed E-state index contributed by atoms with van der Waals surface area (Å²) in [4.78, 5) is 0. The minimum atomic E-state index is 0.511. The van der Waals surface area contributed by atoms with Crippen molar-refractivity contribution >= 4 is 11.5 Å². The van der Waals surface area contributed by atoms with Crippen LogP contribution in [0.4, 0.5) is 11.5 Å². The SMILES string of the molecule is CCCc1nn(C)c2c1NCC(C(C)CC)N2. The van der Waals surface area contributed by atoms with E-state index in [0.29, 0.717) is 12.0 Å². The van der Waals surface area contributed by atoms with Gasteiger partial charge in [0.25, 0.3) is 0 Å². The molecule has 96 valence electrons. The van der Waals surface area contributed by atoms with Crippen LogP contribution in [0, 0.1) is 5.92 Å². The number of hydrogen-bond acceptors (Lipinski definition) is 3. The first-order chi connectivity index (χ1) is 8.17. The normalized spacial score (nSPS) is 20.4. The lowest BCUT2D eigenvalue weighted by Crippen LogP contribution is -2.38. The van der Waals surface area contributed by atoms with Gasteiger partial charge in [-0.05, 0) is 12.3 Å². The van der Waals surface area contributed by atoms with Gasteiger partial charge in [0.15, 0.2) is 0 Å². The highest BCUT2D eigenvalue weighted by Crippen LogP contribution is 2.31. The van der Waals surface area contributed by atoms with Gasteiger partial charge in [-0.1, -0.05) is 33.6 Å². The fourth-order valence-electron chi connectivity index (χ4n) is 2.41. The molecule has 4 nitrogen and oxygen atoms in total. The average Bonchev–Trinajstić information content (AvgIpc) is 2.65. The van der Waals surface area contributed by atoms with Crippen molar-refractivity contribution in [3.63, 3.8) is 0 Å². The summed E-state index contributed by atoms with van der Waals surface area (Å²) in [5.74, 6) is 1.84. The molecule has 0 fully saturated rings. The maximum atomic E-state index is 4.59. The number of hydrogen-bond donors (Lipinski definition) is 2. The third kappa shape index (κ3) is 2.26. The van der Waals surface area contributed by atoms with Crippen LogP contribution in [-0.2, 0) is 13.5 Å². The van der Waals surface area contributed by atoms with Gasteiger partial charge in [-0.3, -0.25) is 4.68 Å². The van der Waals surface area contributed by atoms with Crippen molar-refractivity contribution in [2.75, 3.05) is 17.2 Å². The van der Waals surface area contributed by atoms with E-state index < -0.39 is 0 Å². The van der Waals surface area contributed by atoms with Crippen molar-refractivity contribution in [2.45, 2.75) is 46.1 Å². The highest BCUT2D eigenvalue weighted by atomic mass is 15.4. The first-order valence-electron chi connectivity index (χ1n) is 6.73. The predicted octanol–water partition coefficient (Wildman–Crippen LogP) is 2.62. The molecule has 4 heteroatoms. The van der Waals surface area contributed by atoms with Crippen LogP contribution in [0.2, 0.25) is 0 Å². The summed E-state index contributed by atoms with van der Waals surface area (Å²) in [7, 11) is 2.02. The van der Waals surface area contributed by atoms with Crippen molar-refractivity contribution in [3.05, 3.63) is 5.69 Å². The van der Waals surface area contributed by atoms with E-state index in [1.807, 2.05) is 11.7 Å². The van der Waals surface area contributed by atoms with Crippen LogP contribution in [0.3, 0.4) is 0 Å². The molecule has 2 atom stereocenters. The summed E-state index contributed by atoms with van der Waals surface area (Å²) < 4.78 is 1.97. The highest BCUT2D eigenvalue weighted by Gasteiger charge is 2.26. The summed E-state index contributed by atoms with van der Waals surface area (Å²) >= 11 is 0. The Morgan fingerprint density at radius 1 is 1.47 bits per heavy atom. The van der Waals surface area contributed by atoms with E-state index in [1.54, 1.807) is 0 Å². The Morgan fingerprint density at radius 3 is 2.88 bits per heavy atom. The number of rotatable bonds is 4. The lowest BCUT2D eigenvalue weighted by atomic mass is 9.97. The minimum Gasteiger partial charge on any atom is -0.378 e. The summed E-state index contributed by atoms with van der Waals surface area (Å²) in [5, 5.41) is 11.8. The zero-order valence-electron chi connectivity index (χ0n) is 11.4. The molecule has 0 aliphatic carbocycles. The van der Waals surface area contributed by atoms with Crippen LogP contribution >= 0.6 is 0 Å². The molecule has 0 bridgehead atoms. The van der Waals surface area contributed by atoms with E-state index >= 15 is 0 Å². The maximum absolute atomic E-state index is 4.59. The van der Waals surface area contributed by atoms with Gasteiger partial charge < -0.3 is 10.6 Å². The van der Waals surface area contributed by atoms with Gasteiger partial charge in [0.05, 0.1) is 5.69 Å². The molecule has 2 rings (SSSR count). The molecule has 2 heterocycles. The van der Waals surface area contributed by atoms with E-state index in [0.717, 1.165) is 25.2 Å². The van der Waals surface area contributed by atoms with Crippen molar-refractivity contribution < 1.29 is 0 Å². The van der Waals surface area contributed by atoms with Crippen LogP contribution in [0.1, 0.15) is 39.3 Å². The molecule has 0 radical (unpaired) electrons. The Bertz CT molecular complexity index is 383. The van der Waals surface area contributed by atoms with Gasteiger partial charge >= 0.3 is 0 Å². The summed E-state index contributed by atoms with van der Waals surface area (Å²) in [5.41, 5.74) is 2.41. The molecule has 1 aliphatic rings. The molecule has 1 aliphatic heterocycles. The lowest BCUT2D eigenvalue weighted by Gasteiger charge is -2.30. The second kappa shape index (κ2) is 4.98. The molecule has 1 aromatic rings. The number of fused-ring (bicyclic) bond motifs is 1. The first-order valence-corrected chi connectivity index (χ1v) is 6.73. The highest BCUT2D eigenvalue weighted by molar-refractivity contribution is 5.70. The van der Waals surface area contributed by atoms with E-state index in [1.165, 1.54) is 17.8 Å². The third-order valence-electron chi connectivity index (χ3n) is 3.76. The number of aromatic nitrogens is 2. The van der Waals surface area contributed by atoms with Gasteiger partial charge in [0, 0.05) is 19.6 Å². The average molecular weight is 236 g/mol. The van der Waals surface area contributed by atoms with Gasteiger partial charge in [-0.2, -0.15) is 5.10 Å². The Kier molecular flexibility index (Phi) is 3.60. The van der Waals surface area contributed by atoms with Crippen molar-refractivity contribution in [3.8, 4) is 0 Å². The van der Waals surface area contributed by atoms with Crippen LogP contribution in [0.25, 0.3) is 0 Å². The van der Waals surface area contributed by atoms with Gasteiger partial charge in [0.2, 0.25) is 0 Å². The third-order valence-corrected chi connectivity index (χ3v) is 3.76. The molecule has 0 aromatic carbocycles. The second-order valence-corrected chi connectivity index (χ2v) is 5.06. The molecule has 0 saturated heterocycles. The monoisotopic (exact) mass is 236 g/mol. The van der Waals surface area contributed by atoms with E-state index in [-0.39, 0.29) is 0 Å². The largest absolute Gasteiger partial charge is 0.378 e. The molecule has 2 N–H and O–H groups in total. The molecular formula is C13H24N4. The smallest absolute Gasteiger partial charge is 0.148 e. The van der Waals surface area contributed by atoms with Crippen LogP contribution in [0.5, 0.6) is 0 Å².